The molecule has 1 fully saturated rings. The van der Waals surface area contributed by atoms with Crippen molar-refractivity contribution in [1.29, 1.82) is 0 Å². The zero-order chi connectivity index (χ0) is 12.5. The average Bonchev–Trinajstić information content (AvgIpc) is 2.65. The number of hydrogen-bond acceptors (Lipinski definition) is 1. The van der Waals surface area contributed by atoms with E-state index in [1.54, 1.807) is 11.1 Å². The Morgan fingerprint density at radius 2 is 1.67 bits per heavy atom. The van der Waals surface area contributed by atoms with E-state index in [4.69, 9.17) is 0 Å². The Hall–Kier alpha value is -0.820. The van der Waals surface area contributed by atoms with Gasteiger partial charge in [0.05, 0.1) is 6.10 Å². The highest BCUT2D eigenvalue weighted by Gasteiger charge is 2.41. The zero-order valence-corrected chi connectivity index (χ0v) is 11.3. The van der Waals surface area contributed by atoms with Crippen LogP contribution in [0.1, 0.15) is 43.7 Å². The number of benzene rings is 1. The Morgan fingerprint density at radius 3 is 2.17 bits per heavy atom. The first-order valence-corrected chi connectivity index (χ1v) is 7.54. The standard InChI is InChI=1S/C17H24O/c1-2-5-16(18)17-14-8-9-15(17)11-13-7-4-3-6-12(13)10-14/h3-4,6-7,14-18H,2,5,8-11H2,1H3. The predicted octanol–water partition coefficient (Wildman–Crippen LogP) is 3.59. The molecule has 98 valence electrons. The van der Waals surface area contributed by atoms with Gasteiger partial charge in [0, 0.05) is 0 Å². The van der Waals surface area contributed by atoms with Gasteiger partial charge in [-0.05, 0) is 61.0 Å². The number of rotatable bonds is 3. The second kappa shape index (κ2) is 5.05. The van der Waals surface area contributed by atoms with Crippen LogP contribution in [0.15, 0.2) is 24.3 Å². The molecule has 2 bridgehead atoms. The van der Waals surface area contributed by atoms with Crippen LogP contribution in [0.25, 0.3) is 0 Å². The summed E-state index contributed by atoms with van der Waals surface area (Å²) < 4.78 is 0. The number of aliphatic hydroxyl groups excluding tert-OH is 1. The van der Waals surface area contributed by atoms with Crippen LogP contribution in [-0.4, -0.2) is 11.2 Å². The molecule has 1 nitrogen and oxygen atoms in total. The van der Waals surface area contributed by atoms with Crippen LogP contribution in [0.2, 0.25) is 0 Å². The van der Waals surface area contributed by atoms with Crippen molar-refractivity contribution in [3.05, 3.63) is 35.4 Å². The largest absolute Gasteiger partial charge is 0.393 e. The van der Waals surface area contributed by atoms with Gasteiger partial charge in [-0.3, -0.25) is 0 Å². The normalized spacial score (nSPS) is 31.8. The lowest BCUT2D eigenvalue weighted by Gasteiger charge is -2.27. The first kappa shape index (κ1) is 12.2. The number of hydrogen-bond donors (Lipinski definition) is 1. The third kappa shape index (κ3) is 2.09. The van der Waals surface area contributed by atoms with Crippen molar-refractivity contribution in [2.75, 3.05) is 0 Å². The van der Waals surface area contributed by atoms with Gasteiger partial charge >= 0.3 is 0 Å². The van der Waals surface area contributed by atoms with Gasteiger partial charge in [0.15, 0.2) is 0 Å². The molecule has 3 atom stereocenters. The molecule has 1 saturated carbocycles. The maximum atomic E-state index is 10.5. The van der Waals surface area contributed by atoms with E-state index in [1.165, 1.54) is 25.7 Å². The van der Waals surface area contributed by atoms with Gasteiger partial charge in [0.25, 0.3) is 0 Å². The van der Waals surface area contributed by atoms with Crippen LogP contribution in [0, 0.1) is 17.8 Å². The summed E-state index contributed by atoms with van der Waals surface area (Å²) in [6.45, 7) is 2.18. The fourth-order valence-electron chi connectivity index (χ4n) is 4.31. The van der Waals surface area contributed by atoms with E-state index in [0.717, 1.165) is 24.7 Å². The van der Waals surface area contributed by atoms with Crippen molar-refractivity contribution in [3.8, 4) is 0 Å². The lowest BCUT2D eigenvalue weighted by molar-refractivity contribution is 0.0553. The highest BCUT2D eigenvalue weighted by Crippen LogP contribution is 2.46. The Labute approximate surface area is 110 Å². The van der Waals surface area contributed by atoms with E-state index < -0.39 is 0 Å². The summed E-state index contributed by atoms with van der Waals surface area (Å²) >= 11 is 0. The maximum absolute atomic E-state index is 10.5. The molecule has 0 saturated heterocycles. The minimum atomic E-state index is -0.0678. The Bertz CT molecular complexity index is 379. The highest BCUT2D eigenvalue weighted by molar-refractivity contribution is 5.30. The van der Waals surface area contributed by atoms with Gasteiger partial charge in [-0.15, -0.1) is 0 Å². The molecule has 0 aliphatic heterocycles. The van der Waals surface area contributed by atoms with Crippen LogP contribution in [0.3, 0.4) is 0 Å². The maximum Gasteiger partial charge on any atom is 0.0573 e. The molecule has 1 N–H and O–H groups in total. The van der Waals surface area contributed by atoms with Crippen molar-refractivity contribution in [3.63, 3.8) is 0 Å². The second-order valence-electron chi connectivity index (χ2n) is 6.21. The Kier molecular flexibility index (Phi) is 3.43. The number of aliphatic hydroxyl groups is 1. The quantitative estimate of drug-likeness (QED) is 0.861. The van der Waals surface area contributed by atoms with Gasteiger partial charge in [-0.2, -0.15) is 0 Å². The summed E-state index contributed by atoms with van der Waals surface area (Å²) in [6, 6.07) is 8.91. The van der Waals surface area contributed by atoms with Crippen molar-refractivity contribution in [2.24, 2.45) is 17.8 Å². The van der Waals surface area contributed by atoms with E-state index in [-0.39, 0.29) is 6.10 Å². The molecular formula is C17H24O. The summed E-state index contributed by atoms with van der Waals surface area (Å²) in [6.07, 6.45) is 7.05. The van der Waals surface area contributed by atoms with Gasteiger partial charge in [0.1, 0.15) is 0 Å². The molecule has 0 aromatic heterocycles. The van der Waals surface area contributed by atoms with E-state index >= 15 is 0 Å². The average molecular weight is 244 g/mol. The summed E-state index contributed by atoms with van der Waals surface area (Å²) in [5, 5.41) is 10.5. The predicted molar refractivity (Wildman–Crippen MR) is 74.5 cm³/mol. The molecule has 0 heterocycles. The van der Waals surface area contributed by atoms with E-state index in [9.17, 15) is 5.11 Å². The van der Waals surface area contributed by atoms with Crippen LogP contribution < -0.4 is 0 Å². The molecule has 0 radical (unpaired) electrons. The second-order valence-corrected chi connectivity index (χ2v) is 6.21. The van der Waals surface area contributed by atoms with Crippen molar-refractivity contribution in [1.82, 2.24) is 0 Å². The molecule has 3 unspecified atom stereocenters. The molecular weight excluding hydrogens is 220 g/mol. The SMILES string of the molecule is CCCC(O)C1C2CCC1Cc1ccccc1C2. The lowest BCUT2D eigenvalue weighted by Crippen LogP contribution is -2.29. The van der Waals surface area contributed by atoms with Gasteiger partial charge in [-0.25, -0.2) is 0 Å². The minimum Gasteiger partial charge on any atom is -0.393 e. The third-order valence-corrected chi connectivity index (χ3v) is 5.11. The smallest absolute Gasteiger partial charge is 0.0573 e. The van der Waals surface area contributed by atoms with Crippen LogP contribution >= 0.6 is 0 Å². The van der Waals surface area contributed by atoms with Crippen LogP contribution in [0.5, 0.6) is 0 Å². The summed E-state index contributed by atoms with van der Waals surface area (Å²) in [4.78, 5) is 0. The first-order chi connectivity index (χ1) is 8.79. The fraction of sp³-hybridized carbons (Fsp3) is 0.647. The van der Waals surface area contributed by atoms with Crippen molar-refractivity contribution >= 4 is 0 Å². The highest BCUT2D eigenvalue weighted by atomic mass is 16.3. The summed E-state index contributed by atoms with van der Waals surface area (Å²) in [5.41, 5.74) is 3.08. The number of fused-ring (bicyclic) bond motifs is 3. The molecule has 2 aliphatic rings. The van der Waals surface area contributed by atoms with E-state index in [2.05, 4.69) is 31.2 Å². The summed E-state index contributed by atoms with van der Waals surface area (Å²) in [5.74, 6) is 2.00. The minimum absolute atomic E-state index is 0.0678. The van der Waals surface area contributed by atoms with Crippen molar-refractivity contribution in [2.45, 2.75) is 51.6 Å². The summed E-state index contributed by atoms with van der Waals surface area (Å²) in [7, 11) is 0. The van der Waals surface area contributed by atoms with Gasteiger partial charge in [0.2, 0.25) is 0 Å². The fourth-order valence-corrected chi connectivity index (χ4v) is 4.31. The van der Waals surface area contributed by atoms with E-state index in [1.807, 2.05) is 0 Å². The molecule has 2 aliphatic carbocycles. The Balaban J connectivity index is 1.86. The van der Waals surface area contributed by atoms with Gasteiger partial charge in [-0.1, -0.05) is 37.6 Å². The zero-order valence-electron chi connectivity index (χ0n) is 11.3. The van der Waals surface area contributed by atoms with E-state index in [0.29, 0.717) is 5.92 Å². The molecule has 0 spiro atoms. The Morgan fingerprint density at radius 1 is 1.11 bits per heavy atom. The molecule has 1 heteroatoms. The van der Waals surface area contributed by atoms with Gasteiger partial charge < -0.3 is 5.11 Å². The molecule has 0 amide bonds. The first-order valence-electron chi connectivity index (χ1n) is 7.54. The lowest BCUT2D eigenvalue weighted by atomic mass is 9.81. The molecule has 1 aromatic carbocycles. The van der Waals surface area contributed by atoms with Crippen LogP contribution in [0.4, 0.5) is 0 Å². The molecule has 1 aromatic rings. The topological polar surface area (TPSA) is 20.2 Å². The monoisotopic (exact) mass is 244 g/mol. The van der Waals surface area contributed by atoms with Crippen molar-refractivity contribution < 1.29 is 5.11 Å². The molecule has 18 heavy (non-hydrogen) atoms. The third-order valence-electron chi connectivity index (χ3n) is 5.11. The molecule has 3 rings (SSSR count). The van der Waals surface area contributed by atoms with Crippen LogP contribution in [-0.2, 0) is 12.8 Å².